The Labute approximate surface area is 129 Å². The van der Waals surface area contributed by atoms with Gasteiger partial charge in [-0.05, 0) is 5.56 Å². The molecule has 0 spiro atoms. The topological polar surface area (TPSA) is 67.6 Å². The molecule has 1 aromatic heterocycles. The van der Waals surface area contributed by atoms with Crippen molar-refractivity contribution in [2.75, 3.05) is 20.3 Å². The first kappa shape index (κ1) is 16.2. The van der Waals surface area contributed by atoms with Gasteiger partial charge in [-0.3, -0.25) is 9.48 Å². The number of ether oxygens (including phenoxy) is 1. The minimum Gasteiger partial charge on any atom is -0.395 e. The van der Waals surface area contributed by atoms with Gasteiger partial charge in [0.15, 0.2) is 0 Å². The van der Waals surface area contributed by atoms with Gasteiger partial charge in [0, 0.05) is 33.4 Å². The van der Waals surface area contributed by atoms with Crippen LogP contribution in [0.15, 0.2) is 36.5 Å². The van der Waals surface area contributed by atoms with Gasteiger partial charge in [0.1, 0.15) is 5.69 Å². The quantitative estimate of drug-likeness (QED) is 0.834. The summed E-state index contributed by atoms with van der Waals surface area (Å²) in [7, 11) is 3.34. The summed E-state index contributed by atoms with van der Waals surface area (Å²) in [5.74, 6) is -0.155. The van der Waals surface area contributed by atoms with E-state index >= 15 is 0 Å². The molecule has 0 unspecified atom stereocenters. The summed E-state index contributed by atoms with van der Waals surface area (Å²) in [4.78, 5) is 14.4. The smallest absolute Gasteiger partial charge is 0.257 e. The van der Waals surface area contributed by atoms with Crippen LogP contribution in [0, 0.1) is 0 Å². The zero-order valence-electron chi connectivity index (χ0n) is 12.9. The standard InChI is InChI=1S/C16H21N3O3/c1-18-11-14(15(17-18)12-22-2)16(21)19(8-9-20)10-13-6-4-3-5-7-13/h3-7,11,20H,8-10,12H2,1-2H3. The number of hydrogen-bond donors (Lipinski definition) is 1. The highest BCUT2D eigenvalue weighted by atomic mass is 16.5. The number of aryl methyl sites for hydroxylation is 1. The first-order chi connectivity index (χ1) is 10.7. The molecule has 1 aromatic carbocycles. The van der Waals surface area contributed by atoms with Crippen molar-refractivity contribution in [3.05, 3.63) is 53.3 Å². The van der Waals surface area contributed by atoms with Crippen molar-refractivity contribution in [1.29, 1.82) is 0 Å². The Morgan fingerprint density at radius 3 is 2.73 bits per heavy atom. The van der Waals surface area contributed by atoms with Crippen LogP contribution in [0.25, 0.3) is 0 Å². The minimum absolute atomic E-state index is 0.0849. The number of rotatable bonds is 7. The van der Waals surface area contributed by atoms with Crippen LogP contribution in [-0.4, -0.2) is 46.0 Å². The van der Waals surface area contributed by atoms with E-state index in [2.05, 4.69) is 5.10 Å². The van der Waals surface area contributed by atoms with Gasteiger partial charge >= 0.3 is 0 Å². The summed E-state index contributed by atoms with van der Waals surface area (Å²) in [6, 6.07) is 9.70. The van der Waals surface area contributed by atoms with Gasteiger partial charge in [-0.1, -0.05) is 30.3 Å². The Morgan fingerprint density at radius 2 is 2.09 bits per heavy atom. The molecule has 6 nitrogen and oxygen atoms in total. The van der Waals surface area contributed by atoms with E-state index in [0.717, 1.165) is 5.56 Å². The van der Waals surface area contributed by atoms with Crippen LogP contribution in [0.1, 0.15) is 21.6 Å². The highest BCUT2D eigenvalue weighted by Gasteiger charge is 2.21. The van der Waals surface area contributed by atoms with Crippen LogP contribution in [0.4, 0.5) is 0 Å². The maximum atomic E-state index is 12.8. The molecule has 0 aliphatic rings. The molecule has 2 aromatic rings. The molecule has 0 saturated heterocycles. The Hall–Kier alpha value is -2.18. The molecule has 0 atom stereocenters. The van der Waals surface area contributed by atoms with Gasteiger partial charge in [-0.25, -0.2) is 0 Å². The van der Waals surface area contributed by atoms with E-state index in [9.17, 15) is 9.90 Å². The maximum absolute atomic E-state index is 12.8. The number of aliphatic hydroxyl groups is 1. The Kier molecular flexibility index (Phi) is 5.68. The predicted molar refractivity (Wildman–Crippen MR) is 82.2 cm³/mol. The lowest BCUT2D eigenvalue weighted by molar-refractivity contribution is 0.0703. The molecule has 6 heteroatoms. The number of benzene rings is 1. The number of methoxy groups -OCH3 is 1. The van der Waals surface area contributed by atoms with Crippen LogP contribution < -0.4 is 0 Å². The number of amides is 1. The third kappa shape index (κ3) is 3.93. The lowest BCUT2D eigenvalue weighted by Gasteiger charge is -2.21. The first-order valence-electron chi connectivity index (χ1n) is 7.11. The molecule has 2 rings (SSSR count). The Bertz CT molecular complexity index is 610. The third-order valence-electron chi connectivity index (χ3n) is 3.29. The van der Waals surface area contributed by atoms with Crippen LogP contribution >= 0.6 is 0 Å². The van der Waals surface area contributed by atoms with Gasteiger partial charge in [-0.2, -0.15) is 5.10 Å². The highest BCUT2D eigenvalue weighted by molar-refractivity contribution is 5.95. The number of carbonyl (C=O) groups is 1. The molecule has 118 valence electrons. The van der Waals surface area contributed by atoms with Crippen molar-refractivity contribution in [3.63, 3.8) is 0 Å². The van der Waals surface area contributed by atoms with E-state index in [1.807, 2.05) is 30.3 Å². The summed E-state index contributed by atoms with van der Waals surface area (Å²) in [5, 5.41) is 13.5. The summed E-state index contributed by atoms with van der Waals surface area (Å²) < 4.78 is 6.69. The number of nitrogens with zero attached hydrogens (tertiary/aromatic N) is 3. The number of hydrogen-bond acceptors (Lipinski definition) is 4. The van der Waals surface area contributed by atoms with Gasteiger partial charge in [0.05, 0.1) is 18.8 Å². The van der Waals surface area contributed by atoms with Crippen molar-refractivity contribution in [2.24, 2.45) is 7.05 Å². The van der Waals surface area contributed by atoms with Crippen molar-refractivity contribution in [2.45, 2.75) is 13.2 Å². The second-order valence-corrected chi connectivity index (χ2v) is 5.03. The first-order valence-corrected chi connectivity index (χ1v) is 7.11. The van der Waals surface area contributed by atoms with Crippen molar-refractivity contribution in [1.82, 2.24) is 14.7 Å². The molecule has 0 radical (unpaired) electrons. The average Bonchev–Trinajstić information content (AvgIpc) is 2.88. The largest absolute Gasteiger partial charge is 0.395 e. The Balaban J connectivity index is 2.22. The average molecular weight is 303 g/mol. The van der Waals surface area contributed by atoms with E-state index < -0.39 is 0 Å². The molecular weight excluding hydrogens is 282 g/mol. The van der Waals surface area contributed by atoms with E-state index in [4.69, 9.17) is 4.74 Å². The normalized spacial score (nSPS) is 10.7. The fourth-order valence-electron chi connectivity index (χ4n) is 2.30. The molecule has 1 amide bonds. The predicted octanol–water partition coefficient (Wildman–Crippen LogP) is 1.20. The molecule has 1 heterocycles. The molecular formula is C16H21N3O3. The van der Waals surface area contributed by atoms with E-state index in [1.165, 1.54) is 0 Å². The van der Waals surface area contributed by atoms with Gasteiger partial charge in [0.2, 0.25) is 0 Å². The van der Waals surface area contributed by atoms with E-state index in [1.54, 1.807) is 29.9 Å². The lowest BCUT2D eigenvalue weighted by Crippen LogP contribution is -2.33. The van der Waals surface area contributed by atoms with Crippen molar-refractivity contribution in [3.8, 4) is 0 Å². The molecule has 0 aliphatic carbocycles. The summed E-state index contributed by atoms with van der Waals surface area (Å²) in [6.45, 7) is 0.912. The van der Waals surface area contributed by atoms with Crippen molar-refractivity contribution < 1.29 is 14.6 Å². The second kappa shape index (κ2) is 7.72. The second-order valence-electron chi connectivity index (χ2n) is 5.03. The zero-order valence-corrected chi connectivity index (χ0v) is 12.9. The maximum Gasteiger partial charge on any atom is 0.257 e. The molecule has 0 saturated carbocycles. The van der Waals surface area contributed by atoms with E-state index in [0.29, 0.717) is 17.8 Å². The van der Waals surface area contributed by atoms with Crippen LogP contribution in [0.5, 0.6) is 0 Å². The summed E-state index contributed by atoms with van der Waals surface area (Å²) in [6.07, 6.45) is 1.69. The van der Waals surface area contributed by atoms with E-state index in [-0.39, 0.29) is 25.7 Å². The van der Waals surface area contributed by atoms with Crippen molar-refractivity contribution >= 4 is 5.91 Å². The van der Waals surface area contributed by atoms with Gasteiger partial charge in [0.25, 0.3) is 5.91 Å². The monoisotopic (exact) mass is 303 g/mol. The summed E-state index contributed by atoms with van der Waals surface area (Å²) in [5.41, 5.74) is 2.13. The number of aromatic nitrogens is 2. The van der Waals surface area contributed by atoms with Crippen LogP contribution in [-0.2, 0) is 24.9 Å². The van der Waals surface area contributed by atoms with Crippen LogP contribution in [0.3, 0.4) is 0 Å². The lowest BCUT2D eigenvalue weighted by atomic mass is 10.1. The molecule has 1 N–H and O–H groups in total. The third-order valence-corrected chi connectivity index (χ3v) is 3.29. The molecule has 22 heavy (non-hydrogen) atoms. The SMILES string of the molecule is COCc1nn(C)cc1C(=O)N(CCO)Cc1ccccc1. The van der Waals surface area contributed by atoms with Crippen LogP contribution in [0.2, 0.25) is 0 Å². The Morgan fingerprint density at radius 1 is 1.36 bits per heavy atom. The minimum atomic E-state index is -0.155. The van der Waals surface area contributed by atoms with Gasteiger partial charge < -0.3 is 14.7 Å². The number of carbonyl (C=O) groups excluding carboxylic acids is 1. The number of aliphatic hydroxyl groups excluding tert-OH is 1. The fourth-order valence-corrected chi connectivity index (χ4v) is 2.30. The molecule has 0 aliphatic heterocycles. The zero-order chi connectivity index (χ0) is 15.9. The molecule has 0 fully saturated rings. The fraction of sp³-hybridized carbons (Fsp3) is 0.375. The molecule has 0 bridgehead atoms. The summed E-state index contributed by atoms with van der Waals surface area (Å²) >= 11 is 0. The highest BCUT2D eigenvalue weighted by Crippen LogP contribution is 2.14. The van der Waals surface area contributed by atoms with Gasteiger partial charge in [-0.15, -0.1) is 0 Å².